The number of carbonyl (C=O) groups excluding carboxylic acids is 1. The Balaban J connectivity index is 2.40. The van der Waals surface area contributed by atoms with Gasteiger partial charge >= 0.3 is 6.09 Å². The van der Waals surface area contributed by atoms with E-state index in [2.05, 4.69) is 5.16 Å². The van der Waals surface area contributed by atoms with Crippen LogP contribution in [0.3, 0.4) is 0 Å². The minimum absolute atomic E-state index is 0.130. The highest BCUT2D eigenvalue weighted by Crippen LogP contribution is 2.27. The van der Waals surface area contributed by atoms with Crippen LogP contribution in [0.25, 0.3) is 0 Å². The number of hydrogen-bond acceptors (Lipinski definition) is 4. The van der Waals surface area contributed by atoms with Crippen LogP contribution in [0.2, 0.25) is 0 Å². The standard InChI is InChI=1S/C9H17N3O3/c1-2-15-9(13)12(7-3-4-7)6-5-8(10)11-14/h7,14H,2-6H2,1H3,(H2,10,11). The number of nitrogens with two attached hydrogens (primary N) is 1. The second kappa shape index (κ2) is 5.43. The SMILES string of the molecule is CCOC(=O)N(CCC(N)=NO)C1CC1. The second-order valence-corrected chi connectivity index (χ2v) is 3.46. The predicted molar refractivity (Wildman–Crippen MR) is 54.8 cm³/mol. The van der Waals surface area contributed by atoms with E-state index in [1.165, 1.54) is 0 Å². The molecule has 6 nitrogen and oxygen atoms in total. The van der Waals surface area contributed by atoms with Gasteiger partial charge in [-0.3, -0.25) is 0 Å². The van der Waals surface area contributed by atoms with Gasteiger partial charge in [0.05, 0.1) is 6.61 Å². The van der Waals surface area contributed by atoms with E-state index < -0.39 is 0 Å². The summed E-state index contributed by atoms with van der Waals surface area (Å²) >= 11 is 0. The first-order valence-electron chi connectivity index (χ1n) is 5.08. The summed E-state index contributed by atoms with van der Waals surface area (Å²) in [7, 11) is 0. The molecule has 0 aliphatic heterocycles. The predicted octanol–water partition coefficient (Wildman–Crippen LogP) is 0.744. The molecule has 0 aromatic carbocycles. The third-order valence-electron chi connectivity index (χ3n) is 2.23. The van der Waals surface area contributed by atoms with Crippen molar-refractivity contribution in [3.63, 3.8) is 0 Å². The molecule has 0 spiro atoms. The fraction of sp³-hybridized carbons (Fsp3) is 0.778. The summed E-state index contributed by atoms with van der Waals surface area (Å²) in [4.78, 5) is 13.1. The van der Waals surface area contributed by atoms with E-state index in [4.69, 9.17) is 15.7 Å². The smallest absolute Gasteiger partial charge is 0.410 e. The third-order valence-corrected chi connectivity index (χ3v) is 2.23. The van der Waals surface area contributed by atoms with Crippen LogP contribution >= 0.6 is 0 Å². The minimum atomic E-state index is -0.314. The Morgan fingerprint density at radius 1 is 1.67 bits per heavy atom. The zero-order valence-corrected chi connectivity index (χ0v) is 8.85. The summed E-state index contributed by atoms with van der Waals surface area (Å²) in [5, 5.41) is 11.2. The number of hydrogen-bond donors (Lipinski definition) is 2. The minimum Gasteiger partial charge on any atom is -0.450 e. The van der Waals surface area contributed by atoms with Crippen LogP contribution in [0.4, 0.5) is 4.79 Å². The highest BCUT2D eigenvalue weighted by Gasteiger charge is 2.33. The fourth-order valence-electron chi connectivity index (χ4n) is 1.30. The molecule has 0 aromatic heterocycles. The van der Waals surface area contributed by atoms with Crippen LogP contribution < -0.4 is 5.73 Å². The lowest BCUT2D eigenvalue weighted by Gasteiger charge is -2.20. The Bertz CT molecular complexity index is 251. The zero-order valence-electron chi connectivity index (χ0n) is 8.85. The number of carbonyl (C=O) groups is 1. The van der Waals surface area contributed by atoms with Gasteiger partial charge in [0.15, 0.2) is 0 Å². The normalized spacial score (nSPS) is 16.2. The first-order valence-corrected chi connectivity index (χ1v) is 5.08. The summed E-state index contributed by atoms with van der Waals surface area (Å²) in [5.74, 6) is 0.130. The van der Waals surface area contributed by atoms with Gasteiger partial charge in [-0.2, -0.15) is 0 Å². The van der Waals surface area contributed by atoms with E-state index >= 15 is 0 Å². The van der Waals surface area contributed by atoms with E-state index in [1.807, 2.05) is 0 Å². The highest BCUT2D eigenvalue weighted by molar-refractivity contribution is 5.80. The molecule has 0 heterocycles. The number of amides is 1. The number of ether oxygens (including phenoxy) is 1. The molecule has 1 aliphatic rings. The number of rotatable bonds is 5. The van der Waals surface area contributed by atoms with Gasteiger partial charge in [-0.15, -0.1) is 0 Å². The number of oxime groups is 1. The van der Waals surface area contributed by atoms with Crippen LogP contribution in [-0.2, 0) is 4.74 Å². The van der Waals surface area contributed by atoms with Crippen LogP contribution in [-0.4, -0.2) is 41.2 Å². The molecule has 1 rings (SSSR count). The van der Waals surface area contributed by atoms with Crippen molar-refractivity contribution in [1.29, 1.82) is 0 Å². The van der Waals surface area contributed by atoms with E-state index in [9.17, 15) is 4.79 Å². The Hall–Kier alpha value is -1.46. The topological polar surface area (TPSA) is 88.2 Å². The molecule has 0 aromatic rings. The molecule has 0 saturated heterocycles. The molecule has 0 unspecified atom stereocenters. The van der Waals surface area contributed by atoms with Crippen molar-refractivity contribution in [2.45, 2.75) is 32.2 Å². The van der Waals surface area contributed by atoms with Gasteiger partial charge in [-0.05, 0) is 19.8 Å². The summed E-state index contributed by atoms with van der Waals surface area (Å²) in [6, 6.07) is 0.274. The Labute approximate surface area is 88.7 Å². The second-order valence-electron chi connectivity index (χ2n) is 3.46. The molecule has 15 heavy (non-hydrogen) atoms. The lowest BCUT2D eigenvalue weighted by atomic mass is 10.3. The van der Waals surface area contributed by atoms with Crippen LogP contribution in [0, 0.1) is 0 Å². The van der Waals surface area contributed by atoms with Gasteiger partial charge in [-0.25, -0.2) is 4.79 Å². The average Bonchev–Trinajstić information content (AvgIpc) is 3.02. The molecule has 3 N–H and O–H groups in total. The van der Waals surface area contributed by atoms with Gasteiger partial charge in [-0.1, -0.05) is 5.16 Å². The first kappa shape index (κ1) is 11.6. The largest absolute Gasteiger partial charge is 0.450 e. The Morgan fingerprint density at radius 3 is 2.80 bits per heavy atom. The molecule has 86 valence electrons. The van der Waals surface area contributed by atoms with Crippen molar-refractivity contribution >= 4 is 11.9 Å². The van der Waals surface area contributed by atoms with Gasteiger partial charge in [0, 0.05) is 19.0 Å². The van der Waals surface area contributed by atoms with Crippen molar-refractivity contribution in [3.8, 4) is 0 Å². The van der Waals surface area contributed by atoms with Crippen LogP contribution in [0.5, 0.6) is 0 Å². The Morgan fingerprint density at radius 2 is 2.33 bits per heavy atom. The number of amidine groups is 1. The van der Waals surface area contributed by atoms with Crippen LogP contribution in [0.15, 0.2) is 5.16 Å². The molecule has 0 bridgehead atoms. The molecule has 0 atom stereocenters. The fourth-order valence-corrected chi connectivity index (χ4v) is 1.30. The number of nitrogens with zero attached hydrogens (tertiary/aromatic N) is 2. The maximum Gasteiger partial charge on any atom is 0.410 e. The molecular weight excluding hydrogens is 198 g/mol. The maximum absolute atomic E-state index is 11.5. The van der Waals surface area contributed by atoms with Crippen molar-refractivity contribution in [1.82, 2.24) is 4.90 Å². The van der Waals surface area contributed by atoms with E-state index in [0.29, 0.717) is 19.6 Å². The van der Waals surface area contributed by atoms with E-state index in [0.717, 1.165) is 12.8 Å². The van der Waals surface area contributed by atoms with Gasteiger partial charge < -0.3 is 20.6 Å². The summed E-state index contributed by atoms with van der Waals surface area (Å²) in [6.07, 6.45) is 2.07. The monoisotopic (exact) mass is 215 g/mol. The maximum atomic E-state index is 11.5. The zero-order chi connectivity index (χ0) is 11.3. The van der Waals surface area contributed by atoms with Crippen molar-refractivity contribution in [2.75, 3.05) is 13.2 Å². The Kier molecular flexibility index (Phi) is 4.20. The molecule has 0 radical (unpaired) electrons. The molecular formula is C9H17N3O3. The van der Waals surface area contributed by atoms with E-state index in [1.54, 1.807) is 11.8 Å². The lowest BCUT2D eigenvalue weighted by molar-refractivity contribution is 0.105. The van der Waals surface area contributed by atoms with Gasteiger partial charge in [0.25, 0.3) is 0 Å². The molecule has 1 saturated carbocycles. The quantitative estimate of drug-likeness (QED) is 0.306. The van der Waals surface area contributed by atoms with E-state index in [-0.39, 0.29) is 18.0 Å². The third kappa shape index (κ3) is 3.65. The van der Waals surface area contributed by atoms with Crippen LogP contribution in [0.1, 0.15) is 26.2 Å². The molecule has 1 amide bonds. The summed E-state index contributed by atoms with van der Waals surface area (Å²) in [6.45, 7) is 2.58. The van der Waals surface area contributed by atoms with Crippen molar-refractivity contribution < 1.29 is 14.7 Å². The first-order chi connectivity index (χ1) is 7.19. The average molecular weight is 215 g/mol. The van der Waals surface area contributed by atoms with Crippen molar-refractivity contribution in [2.24, 2.45) is 10.9 Å². The van der Waals surface area contributed by atoms with Crippen molar-refractivity contribution in [3.05, 3.63) is 0 Å². The lowest BCUT2D eigenvalue weighted by Crippen LogP contribution is -2.36. The molecule has 1 fully saturated rings. The molecule has 6 heteroatoms. The van der Waals surface area contributed by atoms with Gasteiger partial charge in [0.1, 0.15) is 5.84 Å². The summed E-state index contributed by atoms with van der Waals surface area (Å²) in [5.41, 5.74) is 5.34. The highest BCUT2D eigenvalue weighted by atomic mass is 16.6. The molecule has 1 aliphatic carbocycles. The van der Waals surface area contributed by atoms with Gasteiger partial charge in [0.2, 0.25) is 0 Å². The summed E-state index contributed by atoms with van der Waals surface area (Å²) < 4.78 is 4.92.